The van der Waals surface area contributed by atoms with E-state index in [0.717, 1.165) is 19.4 Å². The van der Waals surface area contributed by atoms with Crippen molar-refractivity contribution in [1.82, 2.24) is 24.8 Å². The predicted octanol–water partition coefficient (Wildman–Crippen LogP) is 5.95. The zero-order chi connectivity index (χ0) is 31.5. The minimum absolute atomic E-state index is 0.0241. The summed E-state index contributed by atoms with van der Waals surface area (Å²) in [5, 5.41) is 1.20. The monoisotopic (exact) mass is 636 g/mol. The fraction of sp³-hybridized carbons (Fsp3) is 0.394. The number of fused-ring (bicyclic) bond motifs is 3. The zero-order valence-corrected chi connectivity index (χ0v) is 25.5. The molecule has 3 fully saturated rings. The summed E-state index contributed by atoms with van der Waals surface area (Å²) in [7, 11) is 1.83. The molecule has 0 N–H and O–H groups in total. The first kappa shape index (κ1) is 29.7. The number of hydrogen-bond donors (Lipinski definition) is 0. The second kappa shape index (κ2) is 11.4. The number of halogens is 4. The Kier molecular flexibility index (Phi) is 7.56. The average Bonchev–Trinajstić information content (AvgIpc) is 3.76. The van der Waals surface area contributed by atoms with Crippen molar-refractivity contribution in [3.8, 4) is 17.3 Å². The van der Waals surface area contributed by atoms with E-state index in [1.165, 1.54) is 18.3 Å². The third-order valence-electron chi connectivity index (χ3n) is 9.60. The summed E-state index contributed by atoms with van der Waals surface area (Å²) in [5.41, 5.74) is -0.197. The largest absolute Gasteiger partial charge is 0.461 e. The first-order valence-electron chi connectivity index (χ1n) is 15.1. The van der Waals surface area contributed by atoms with Crippen LogP contribution in [0.4, 0.5) is 19.0 Å². The van der Waals surface area contributed by atoms with Crippen LogP contribution < -0.4 is 9.64 Å². The van der Waals surface area contributed by atoms with Gasteiger partial charge >= 0.3 is 6.01 Å². The molecule has 0 aliphatic carbocycles. The molecule has 0 saturated carbocycles. The number of ether oxygens (including phenoxy) is 1. The maximum absolute atomic E-state index is 16.6. The highest BCUT2D eigenvalue weighted by molar-refractivity contribution is 6.36. The lowest BCUT2D eigenvalue weighted by Crippen LogP contribution is -2.43. The number of carbonyl (C=O) groups is 1. The number of rotatable bonds is 7. The van der Waals surface area contributed by atoms with Crippen molar-refractivity contribution in [1.29, 1.82) is 0 Å². The fourth-order valence-electron chi connectivity index (χ4n) is 7.26. The van der Waals surface area contributed by atoms with Gasteiger partial charge in [0.1, 0.15) is 35.6 Å². The third-order valence-corrected chi connectivity index (χ3v) is 9.97. The van der Waals surface area contributed by atoms with E-state index in [1.54, 1.807) is 29.2 Å². The summed E-state index contributed by atoms with van der Waals surface area (Å²) in [5.74, 6) is -1.12. The maximum Gasteiger partial charge on any atom is 0.319 e. The number of benzene rings is 2. The molecule has 7 rings (SSSR count). The van der Waals surface area contributed by atoms with Gasteiger partial charge in [-0.05, 0) is 43.3 Å². The van der Waals surface area contributed by atoms with Gasteiger partial charge in [0.2, 0.25) is 5.91 Å². The number of pyridine rings is 1. The lowest BCUT2D eigenvalue weighted by molar-refractivity contribution is -0.125. The van der Waals surface area contributed by atoms with E-state index < -0.39 is 23.3 Å². The molecule has 4 aromatic rings. The number of anilines is 1. The van der Waals surface area contributed by atoms with Gasteiger partial charge in [0.15, 0.2) is 5.82 Å². The number of carbonyl (C=O) groups excluding carboxylic acids is 1. The molecule has 2 aromatic heterocycles. The number of nitrogens with zero attached hydrogens (tertiary/aromatic N) is 6. The summed E-state index contributed by atoms with van der Waals surface area (Å²) in [6.45, 7) is 5.92. The molecule has 3 aliphatic heterocycles. The smallest absolute Gasteiger partial charge is 0.319 e. The summed E-state index contributed by atoms with van der Waals surface area (Å²) in [6, 6.07) is 7.83. The second-order valence-electron chi connectivity index (χ2n) is 12.2. The summed E-state index contributed by atoms with van der Waals surface area (Å²) in [6.07, 6.45) is 4.63. The molecule has 8 nitrogen and oxygen atoms in total. The molecule has 0 bridgehead atoms. The van der Waals surface area contributed by atoms with E-state index in [9.17, 15) is 13.6 Å². The van der Waals surface area contributed by atoms with Gasteiger partial charge < -0.3 is 14.5 Å². The molecule has 3 aliphatic rings. The van der Waals surface area contributed by atoms with Gasteiger partial charge in [-0.25, -0.2) is 13.2 Å². The molecule has 45 heavy (non-hydrogen) atoms. The van der Waals surface area contributed by atoms with Crippen LogP contribution in [0.2, 0.25) is 5.02 Å². The first-order chi connectivity index (χ1) is 21.7. The quantitative estimate of drug-likeness (QED) is 0.232. The molecule has 1 amide bonds. The molecule has 0 unspecified atom stereocenters. The van der Waals surface area contributed by atoms with Crippen LogP contribution in [0, 0.1) is 11.6 Å². The van der Waals surface area contributed by atoms with E-state index in [-0.39, 0.29) is 40.8 Å². The molecule has 0 spiro atoms. The minimum Gasteiger partial charge on any atom is -0.461 e. The lowest BCUT2D eigenvalue weighted by atomic mass is 9.95. The van der Waals surface area contributed by atoms with E-state index in [4.69, 9.17) is 21.3 Å². The summed E-state index contributed by atoms with van der Waals surface area (Å²) in [4.78, 5) is 31.7. The number of hydrogen-bond acceptors (Lipinski definition) is 7. The Morgan fingerprint density at radius 2 is 2.07 bits per heavy atom. The SMILES string of the molecule is C=CC(=O)N1CC[C@@H](N(C)c2nc(OC[C@]34CCCN3C[C@H](F)C4)nc3c(F)c(-c4cccc5ccc(F)c(Cl)c45)ncc23)C1. The van der Waals surface area contributed by atoms with Crippen molar-refractivity contribution in [2.24, 2.45) is 0 Å². The van der Waals surface area contributed by atoms with Crippen LogP contribution in [0.25, 0.3) is 32.9 Å². The van der Waals surface area contributed by atoms with Crippen LogP contribution in [0.15, 0.2) is 49.2 Å². The van der Waals surface area contributed by atoms with E-state index in [0.29, 0.717) is 60.0 Å². The van der Waals surface area contributed by atoms with Gasteiger partial charge in [-0.2, -0.15) is 9.97 Å². The van der Waals surface area contributed by atoms with Crippen molar-refractivity contribution in [2.75, 3.05) is 44.7 Å². The van der Waals surface area contributed by atoms with Gasteiger partial charge in [0, 0.05) is 56.3 Å². The first-order valence-corrected chi connectivity index (χ1v) is 15.5. The van der Waals surface area contributed by atoms with Crippen LogP contribution in [0.3, 0.4) is 0 Å². The predicted molar refractivity (Wildman–Crippen MR) is 167 cm³/mol. The maximum atomic E-state index is 16.6. The highest BCUT2D eigenvalue weighted by Gasteiger charge is 2.49. The number of aromatic nitrogens is 3. The Labute approximate surface area is 263 Å². The van der Waals surface area contributed by atoms with Gasteiger partial charge in [0.25, 0.3) is 0 Å². The molecule has 5 heterocycles. The molecule has 2 aromatic carbocycles. The molecular formula is C33H32ClF3N6O2. The average molecular weight is 637 g/mol. The van der Waals surface area contributed by atoms with Gasteiger partial charge in [-0.15, -0.1) is 0 Å². The van der Waals surface area contributed by atoms with Crippen molar-refractivity contribution in [2.45, 2.75) is 43.4 Å². The molecule has 234 valence electrons. The van der Waals surface area contributed by atoms with Crippen molar-refractivity contribution in [3.05, 3.63) is 65.8 Å². The minimum atomic E-state index is -0.930. The highest BCUT2D eigenvalue weighted by atomic mass is 35.5. The number of amides is 1. The van der Waals surface area contributed by atoms with Gasteiger partial charge in [0.05, 0.1) is 15.9 Å². The fourth-order valence-corrected chi connectivity index (χ4v) is 7.53. The van der Waals surface area contributed by atoms with Crippen LogP contribution in [0.1, 0.15) is 25.7 Å². The summed E-state index contributed by atoms with van der Waals surface area (Å²) >= 11 is 6.38. The van der Waals surface area contributed by atoms with Crippen molar-refractivity contribution >= 4 is 45.0 Å². The van der Waals surface area contributed by atoms with Gasteiger partial charge in [-0.3, -0.25) is 14.7 Å². The standard InChI is InChI=1S/C33H32ClF3N6O2/c1-3-25(44)42-13-10-21(17-42)41(2)31-23-15-38-29(22-7-4-6-19-8-9-24(36)27(34)26(19)22)28(37)30(23)39-32(40-31)45-18-33-11-5-12-43(33)16-20(35)14-33/h3-4,6-9,15,20-21H,1,5,10-14,16-18H2,2H3/t20-,21-,33-/m1/s1. The molecule has 3 atom stereocenters. The van der Waals surface area contributed by atoms with E-state index in [1.807, 2.05) is 11.9 Å². The Balaban J connectivity index is 1.33. The van der Waals surface area contributed by atoms with Crippen LogP contribution in [-0.2, 0) is 4.79 Å². The summed E-state index contributed by atoms with van der Waals surface area (Å²) < 4.78 is 51.8. The number of alkyl halides is 1. The lowest BCUT2D eigenvalue weighted by Gasteiger charge is -2.31. The van der Waals surface area contributed by atoms with Crippen LogP contribution in [0.5, 0.6) is 6.01 Å². The second-order valence-corrected chi connectivity index (χ2v) is 12.6. The molecule has 12 heteroatoms. The third kappa shape index (κ3) is 5.06. The molecular weight excluding hydrogens is 605 g/mol. The van der Waals surface area contributed by atoms with Crippen molar-refractivity contribution < 1.29 is 22.7 Å². The van der Waals surface area contributed by atoms with Crippen LogP contribution in [-0.4, -0.2) is 88.2 Å². The Bertz CT molecular complexity index is 1840. The van der Waals surface area contributed by atoms with Crippen molar-refractivity contribution in [3.63, 3.8) is 0 Å². The Morgan fingerprint density at radius 1 is 1.22 bits per heavy atom. The normalized spacial score (nSPS) is 23.2. The Morgan fingerprint density at radius 3 is 2.89 bits per heavy atom. The van der Waals surface area contributed by atoms with Crippen LogP contribution >= 0.6 is 11.6 Å². The topological polar surface area (TPSA) is 74.7 Å². The highest BCUT2D eigenvalue weighted by Crippen LogP contribution is 2.41. The Hall–Kier alpha value is -3.96. The number of likely N-dealkylation sites (tertiary alicyclic amines) is 1. The molecule has 3 saturated heterocycles. The zero-order valence-electron chi connectivity index (χ0n) is 24.8. The number of likely N-dealkylation sites (N-methyl/N-ethyl adjacent to an activating group) is 1. The molecule has 0 radical (unpaired) electrons. The van der Waals surface area contributed by atoms with Gasteiger partial charge in [-0.1, -0.05) is 42.4 Å². The van der Waals surface area contributed by atoms with E-state index >= 15 is 4.39 Å². The van der Waals surface area contributed by atoms with E-state index in [2.05, 4.69) is 21.4 Å².